The van der Waals surface area contributed by atoms with Crippen LogP contribution in [0.15, 0.2) is 0 Å². The molecule has 6 nitrogen and oxygen atoms in total. The first kappa shape index (κ1) is 39.3. The summed E-state index contributed by atoms with van der Waals surface area (Å²) in [5.74, 6) is -0.0304. The maximum atomic E-state index is 11.9. The van der Waals surface area contributed by atoms with Gasteiger partial charge in [-0.15, -0.1) is 0 Å². The van der Waals surface area contributed by atoms with Gasteiger partial charge in [-0.1, -0.05) is 111 Å². The van der Waals surface area contributed by atoms with Gasteiger partial charge in [0, 0.05) is 13.0 Å². The number of unbranched alkanes of at least 4 members (excludes halogenated alkanes) is 14. The van der Waals surface area contributed by atoms with E-state index in [0.717, 1.165) is 103 Å². The minimum Gasteiger partial charge on any atom is -0.466 e. The van der Waals surface area contributed by atoms with E-state index in [1.165, 1.54) is 57.8 Å². The zero-order valence-electron chi connectivity index (χ0n) is 27.0. The van der Waals surface area contributed by atoms with E-state index in [-0.39, 0.29) is 18.7 Å². The summed E-state index contributed by atoms with van der Waals surface area (Å²) in [6, 6.07) is 0. The third-order valence-electron chi connectivity index (χ3n) is 7.78. The molecule has 0 aromatic carbocycles. The lowest BCUT2D eigenvalue weighted by Crippen LogP contribution is -2.29. The van der Waals surface area contributed by atoms with E-state index in [2.05, 4.69) is 25.7 Å². The van der Waals surface area contributed by atoms with Crippen LogP contribution in [0.25, 0.3) is 0 Å². The van der Waals surface area contributed by atoms with Gasteiger partial charge >= 0.3 is 5.97 Å². The first-order valence-corrected chi connectivity index (χ1v) is 17.4. The lowest BCUT2D eigenvalue weighted by atomic mass is 10.1. The Balaban J connectivity index is 3.65. The molecule has 0 saturated heterocycles. The zero-order chi connectivity index (χ0) is 29.5. The summed E-state index contributed by atoms with van der Waals surface area (Å²) >= 11 is 0. The Morgan fingerprint density at radius 1 is 0.625 bits per heavy atom. The van der Waals surface area contributed by atoms with Crippen molar-refractivity contribution in [1.82, 2.24) is 4.90 Å². The van der Waals surface area contributed by atoms with E-state index < -0.39 is 6.29 Å². The molecule has 2 N–H and O–H groups in total. The Hall–Kier alpha value is -0.690. The van der Waals surface area contributed by atoms with Crippen molar-refractivity contribution < 1.29 is 24.5 Å². The number of esters is 1. The van der Waals surface area contributed by atoms with Crippen molar-refractivity contribution in [2.24, 2.45) is 0 Å². The van der Waals surface area contributed by atoms with Crippen molar-refractivity contribution in [2.75, 3.05) is 32.8 Å². The van der Waals surface area contributed by atoms with Gasteiger partial charge in [-0.3, -0.25) is 4.79 Å². The Kier molecular flexibility index (Phi) is 30.7. The second kappa shape index (κ2) is 31.3. The molecule has 0 aromatic rings. The van der Waals surface area contributed by atoms with Gasteiger partial charge in [0.1, 0.15) is 0 Å². The molecule has 0 fully saturated rings. The molecule has 0 aliphatic heterocycles. The highest BCUT2D eigenvalue weighted by Gasteiger charge is 2.13. The summed E-state index contributed by atoms with van der Waals surface area (Å²) in [5, 5.41) is 19.6. The average Bonchev–Trinajstić information content (AvgIpc) is 2.93. The van der Waals surface area contributed by atoms with Crippen molar-refractivity contribution in [1.29, 1.82) is 0 Å². The molecular formula is C34H69NO5. The third kappa shape index (κ3) is 27.5. The first-order chi connectivity index (χ1) is 19.6. The molecule has 0 aliphatic carbocycles. The summed E-state index contributed by atoms with van der Waals surface area (Å²) in [5.41, 5.74) is 0. The molecule has 0 saturated carbocycles. The number of aliphatic hydroxyl groups excluding tert-OH is 2. The first-order valence-electron chi connectivity index (χ1n) is 17.4. The topological polar surface area (TPSA) is 79.2 Å². The molecule has 0 amide bonds. The highest BCUT2D eigenvalue weighted by atomic mass is 16.6. The fraction of sp³-hybridized carbons (Fsp3) is 0.971. The van der Waals surface area contributed by atoms with Crippen LogP contribution in [0.5, 0.6) is 0 Å². The van der Waals surface area contributed by atoms with Crippen LogP contribution in [0, 0.1) is 0 Å². The maximum Gasteiger partial charge on any atom is 0.305 e. The standard InChI is InChI=1S/C34H69NO5/c1-4-7-8-9-10-17-22-31-39-33(37)25-18-13-11-15-20-27-35(29-30-36)28-21-16-12-14-19-26-34(38)40-32(23-5-2)24-6-3/h32,34,36,38H,4-31H2,1-3H3. The monoisotopic (exact) mass is 572 g/mol. The number of hydrogen-bond acceptors (Lipinski definition) is 6. The second-order valence-electron chi connectivity index (χ2n) is 11.8. The molecule has 0 aliphatic rings. The zero-order valence-corrected chi connectivity index (χ0v) is 27.0. The minimum atomic E-state index is -0.614. The van der Waals surface area contributed by atoms with Crippen molar-refractivity contribution in [3.63, 3.8) is 0 Å². The number of ether oxygens (including phenoxy) is 2. The van der Waals surface area contributed by atoms with Crippen LogP contribution < -0.4 is 0 Å². The van der Waals surface area contributed by atoms with Gasteiger partial charge in [-0.25, -0.2) is 0 Å². The van der Waals surface area contributed by atoms with Crippen LogP contribution in [-0.4, -0.2) is 66.3 Å². The van der Waals surface area contributed by atoms with Gasteiger partial charge in [-0.2, -0.15) is 0 Å². The van der Waals surface area contributed by atoms with Gasteiger partial charge in [0.2, 0.25) is 0 Å². The molecule has 0 spiro atoms. The van der Waals surface area contributed by atoms with Gasteiger partial charge in [0.15, 0.2) is 6.29 Å². The number of rotatable bonds is 32. The predicted molar refractivity (Wildman–Crippen MR) is 169 cm³/mol. The summed E-state index contributed by atoms with van der Waals surface area (Å²) in [6.07, 6.45) is 25.0. The number of nitrogens with zero attached hydrogens (tertiary/aromatic N) is 1. The fourth-order valence-electron chi connectivity index (χ4n) is 5.33. The van der Waals surface area contributed by atoms with Crippen LogP contribution in [0.1, 0.15) is 168 Å². The van der Waals surface area contributed by atoms with E-state index in [1.807, 2.05) is 0 Å². The smallest absolute Gasteiger partial charge is 0.305 e. The molecule has 0 heterocycles. The fourth-order valence-corrected chi connectivity index (χ4v) is 5.33. The van der Waals surface area contributed by atoms with Crippen LogP contribution in [0.3, 0.4) is 0 Å². The normalized spacial score (nSPS) is 12.5. The van der Waals surface area contributed by atoms with E-state index in [1.54, 1.807) is 0 Å². The second-order valence-corrected chi connectivity index (χ2v) is 11.8. The van der Waals surface area contributed by atoms with Gasteiger partial charge < -0.3 is 24.6 Å². The van der Waals surface area contributed by atoms with Crippen LogP contribution in [-0.2, 0) is 14.3 Å². The van der Waals surface area contributed by atoms with Crippen molar-refractivity contribution in [3.8, 4) is 0 Å². The summed E-state index contributed by atoms with van der Waals surface area (Å²) in [4.78, 5) is 14.3. The van der Waals surface area contributed by atoms with Gasteiger partial charge in [0.05, 0.1) is 19.3 Å². The van der Waals surface area contributed by atoms with E-state index in [0.29, 0.717) is 13.0 Å². The van der Waals surface area contributed by atoms with Crippen molar-refractivity contribution in [3.05, 3.63) is 0 Å². The third-order valence-corrected chi connectivity index (χ3v) is 7.78. The van der Waals surface area contributed by atoms with E-state index >= 15 is 0 Å². The van der Waals surface area contributed by atoms with Crippen LogP contribution >= 0.6 is 0 Å². The lowest BCUT2D eigenvalue weighted by Gasteiger charge is -2.21. The van der Waals surface area contributed by atoms with E-state index in [4.69, 9.17) is 9.47 Å². The number of carbonyl (C=O) groups excluding carboxylic acids is 1. The van der Waals surface area contributed by atoms with Crippen LogP contribution in [0.4, 0.5) is 0 Å². The van der Waals surface area contributed by atoms with Crippen molar-refractivity contribution >= 4 is 5.97 Å². The summed E-state index contributed by atoms with van der Waals surface area (Å²) in [7, 11) is 0. The van der Waals surface area contributed by atoms with Crippen LogP contribution in [0.2, 0.25) is 0 Å². The van der Waals surface area contributed by atoms with Gasteiger partial charge in [-0.05, 0) is 64.5 Å². The molecule has 40 heavy (non-hydrogen) atoms. The highest BCUT2D eigenvalue weighted by molar-refractivity contribution is 5.69. The lowest BCUT2D eigenvalue weighted by molar-refractivity contribution is -0.144. The summed E-state index contributed by atoms with van der Waals surface area (Å²) < 4.78 is 11.2. The predicted octanol–water partition coefficient (Wildman–Crippen LogP) is 8.56. The molecular weight excluding hydrogens is 502 g/mol. The Labute approximate surface area is 249 Å². The molecule has 0 aromatic heterocycles. The SMILES string of the molecule is CCCCCCCCCOC(=O)CCCCCCCN(CCO)CCCCCCCC(O)OC(CCC)CCC. The molecule has 6 heteroatoms. The van der Waals surface area contributed by atoms with Gasteiger partial charge in [0.25, 0.3) is 0 Å². The number of hydrogen-bond donors (Lipinski definition) is 2. The Morgan fingerprint density at radius 3 is 1.73 bits per heavy atom. The molecule has 1 unspecified atom stereocenters. The Bertz CT molecular complexity index is 513. The van der Waals surface area contributed by atoms with Crippen molar-refractivity contribution in [2.45, 2.75) is 181 Å². The Morgan fingerprint density at radius 2 is 1.15 bits per heavy atom. The molecule has 0 rings (SSSR count). The molecule has 1 atom stereocenters. The molecule has 240 valence electrons. The molecule has 0 bridgehead atoms. The number of aliphatic hydroxyl groups is 2. The van der Waals surface area contributed by atoms with E-state index in [9.17, 15) is 15.0 Å². The minimum absolute atomic E-state index is 0.0304. The maximum absolute atomic E-state index is 11.9. The quantitative estimate of drug-likeness (QED) is 0.0478. The summed E-state index contributed by atoms with van der Waals surface area (Å²) in [6.45, 7) is 10.2. The molecule has 0 radical (unpaired) electrons. The number of carbonyl (C=O) groups is 1. The highest BCUT2D eigenvalue weighted by Crippen LogP contribution is 2.15. The largest absolute Gasteiger partial charge is 0.466 e. The average molecular weight is 572 g/mol.